The van der Waals surface area contributed by atoms with Crippen LogP contribution in [0.15, 0.2) is 54.6 Å². The molecule has 5 nitrogen and oxygen atoms in total. The van der Waals surface area contributed by atoms with Crippen molar-refractivity contribution in [1.29, 1.82) is 0 Å². The molecule has 0 aliphatic heterocycles. The van der Waals surface area contributed by atoms with Crippen LogP contribution in [0.5, 0.6) is 0 Å². The number of hydrogen-bond donors (Lipinski definition) is 2. The highest BCUT2D eigenvalue weighted by Crippen LogP contribution is 2.13. The van der Waals surface area contributed by atoms with Gasteiger partial charge in [0.05, 0.1) is 6.42 Å². The van der Waals surface area contributed by atoms with Crippen LogP contribution in [0.1, 0.15) is 24.2 Å². The molecule has 0 fully saturated rings. The Morgan fingerprint density at radius 1 is 1.09 bits per heavy atom. The maximum Gasteiger partial charge on any atom is 0.310 e. The van der Waals surface area contributed by atoms with Crippen LogP contribution in [0, 0.1) is 0 Å². The molecular formula is C18H19NO4. The summed E-state index contributed by atoms with van der Waals surface area (Å²) in [7, 11) is 0. The first kappa shape index (κ1) is 16.7. The van der Waals surface area contributed by atoms with Gasteiger partial charge in [-0.2, -0.15) is 0 Å². The lowest BCUT2D eigenvalue weighted by Gasteiger charge is -2.11. The van der Waals surface area contributed by atoms with Crippen molar-refractivity contribution in [2.45, 2.75) is 19.4 Å². The Kier molecular flexibility index (Phi) is 5.88. The molecule has 0 aliphatic rings. The molecule has 0 bridgehead atoms. The number of nitrogens with one attached hydrogen (secondary N) is 1. The number of carbonyl (C=O) groups excluding carboxylic acids is 2. The topological polar surface area (TPSA) is 75.6 Å². The predicted octanol–water partition coefficient (Wildman–Crippen LogP) is 2.46. The molecule has 23 heavy (non-hydrogen) atoms. The Hall–Kier alpha value is -2.66. The summed E-state index contributed by atoms with van der Waals surface area (Å²) < 4.78 is 5.10. The summed E-state index contributed by atoms with van der Waals surface area (Å²) >= 11 is 0. The van der Waals surface area contributed by atoms with Gasteiger partial charge >= 0.3 is 5.97 Å². The Balaban J connectivity index is 1.81. The Bertz CT molecular complexity index is 652. The minimum atomic E-state index is -0.831. The number of carbonyl (C=O) groups is 2. The summed E-state index contributed by atoms with van der Waals surface area (Å²) in [5.41, 5.74) is 2.16. The van der Waals surface area contributed by atoms with E-state index in [1.807, 2.05) is 18.2 Å². The summed E-state index contributed by atoms with van der Waals surface area (Å²) in [6.45, 7) is 1.36. The molecule has 0 radical (unpaired) electrons. The zero-order valence-corrected chi connectivity index (χ0v) is 12.9. The zero-order chi connectivity index (χ0) is 16.7. The maximum atomic E-state index is 11.8. The van der Waals surface area contributed by atoms with Crippen LogP contribution in [0.25, 0.3) is 0 Å². The minimum absolute atomic E-state index is 0.0766. The van der Waals surface area contributed by atoms with E-state index in [1.54, 1.807) is 36.4 Å². The molecule has 0 spiro atoms. The number of hydrogen-bond acceptors (Lipinski definition) is 4. The summed E-state index contributed by atoms with van der Waals surface area (Å²) in [6, 6.07) is 16.0. The number of ether oxygens (including phenoxy) is 1. The molecule has 2 N–H and O–H groups in total. The van der Waals surface area contributed by atoms with E-state index >= 15 is 0 Å². The molecule has 0 heterocycles. The van der Waals surface area contributed by atoms with Crippen molar-refractivity contribution in [3.63, 3.8) is 0 Å². The van der Waals surface area contributed by atoms with E-state index < -0.39 is 12.1 Å². The van der Waals surface area contributed by atoms with Crippen LogP contribution in [0.3, 0.4) is 0 Å². The summed E-state index contributed by atoms with van der Waals surface area (Å²) in [5.74, 6) is -0.556. The van der Waals surface area contributed by atoms with Crippen LogP contribution < -0.4 is 5.32 Å². The van der Waals surface area contributed by atoms with Crippen LogP contribution in [0.4, 0.5) is 5.69 Å². The lowest BCUT2D eigenvalue weighted by Crippen LogP contribution is -2.14. The normalized spacial score (nSPS) is 11.6. The van der Waals surface area contributed by atoms with Crippen LogP contribution in [-0.2, 0) is 20.7 Å². The van der Waals surface area contributed by atoms with Crippen molar-refractivity contribution in [3.8, 4) is 0 Å². The molecule has 120 valence electrons. The third kappa shape index (κ3) is 5.56. The van der Waals surface area contributed by atoms with Crippen LogP contribution in [-0.4, -0.2) is 23.6 Å². The quantitative estimate of drug-likeness (QED) is 0.803. The number of esters is 1. The summed E-state index contributed by atoms with van der Waals surface area (Å²) in [5, 5.41) is 12.6. The number of rotatable bonds is 6. The Morgan fingerprint density at radius 2 is 1.74 bits per heavy atom. The van der Waals surface area contributed by atoms with E-state index in [0.29, 0.717) is 11.3 Å². The van der Waals surface area contributed by atoms with Gasteiger partial charge in [0, 0.05) is 12.6 Å². The van der Waals surface area contributed by atoms with Gasteiger partial charge in [-0.3, -0.25) is 9.59 Å². The SMILES string of the molecule is CC(=O)Nc1ccc(CC(=O)OC[C@H](O)c2ccccc2)cc1. The second kappa shape index (κ2) is 8.10. The number of aliphatic hydroxyl groups excluding tert-OH is 1. The van der Waals surface area contributed by atoms with Gasteiger partial charge in [0.1, 0.15) is 12.7 Å². The van der Waals surface area contributed by atoms with E-state index in [0.717, 1.165) is 5.56 Å². The number of amides is 1. The van der Waals surface area contributed by atoms with Crippen molar-refractivity contribution < 1.29 is 19.4 Å². The third-order valence-electron chi connectivity index (χ3n) is 3.21. The van der Waals surface area contributed by atoms with E-state index in [1.165, 1.54) is 6.92 Å². The van der Waals surface area contributed by atoms with Gasteiger partial charge in [0.2, 0.25) is 5.91 Å². The molecule has 1 amide bonds. The van der Waals surface area contributed by atoms with E-state index in [2.05, 4.69) is 5.32 Å². The molecule has 5 heteroatoms. The lowest BCUT2D eigenvalue weighted by molar-refractivity contribution is -0.145. The molecule has 2 rings (SSSR count). The minimum Gasteiger partial charge on any atom is -0.462 e. The molecule has 0 saturated carbocycles. The zero-order valence-electron chi connectivity index (χ0n) is 12.9. The maximum absolute atomic E-state index is 11.8. The van der Waals surface area contributed by atoms with E-state index in [9.17, 15) is 14.7 Å². The summed E-state index contributed by atoms with van der Waals surface area (Å²) in [4.78, 5) is 22.7. The van der Waals surface area contributed by atoms with E-state index in [4.69, 9.17) is 4.74 Å². The lowest BCUT2D eigenvalue weighted by atomic mass is 10.1. The first-order valence-corrected chi connectivity index (χ1v) is 7.30. The van der Waals surface area contributed by atoms with Gasteiger partial charge in [-0.05, 0) is 23.3 Å². The van der Waals surface area contributed by atoms with Gasteiger partial charge in [0.25, 0.3) is 0 Å². The van der Waals surface area contributed by atoms with Crippen molar-refractivity contribution in [1.82, 2.24) is 0 Å². The smallest absolute Gasteiger partial charge is 0.310 e. The molecule has 2 aromatic rings. The fraction of sp³-hybridized carbons (Fsp3) is 0.222. The highest BCUT2D eigenvalue weighted by atomic mass is 16.5. The first-order chi connectivity index (χ1) is 11.0. The van der Waals surface area contributed by atoms with Crippen molar-refractivity contribution in [3.05, 3.63) is 65.7 Å². The third-order valence-corrected chi connectivity index (χ3v) is 3.21. The standard InChI is InChI=1S/C18H19NO4/c1-13(20)19-16-9-7-14(8-10-16)11-18(22)23-12-17(21)15-5-3-2-4-6-15/h2-10,17,21H,11-12H2,1H3,(H,19,20)/t17-/m0/s1. The van der Waals surface area contributed by atoms with Gasteiger partial charge < -0.3 is 15.2 Å². The molecule has 1 atom stereocenters. The molecule has 0 saturated heterocycles. The second-order valence-corrected chi connectivity index (χ2v) is 5.16. The predicted molar refractivity (Wildman–Crippen MR) is 86.8 cm³/mol. The fourth-order valence-electron chi connectivity index (χ4n) is 2.07. The number of anilines is 1. The molecule has 2 aromatic carbocycles. The highest BCUT2D eigenvalue weighted by Gasteiger charge is 2.11. The van der Waals surface area contributed by atoms with Crippen molar-refractivity contribution >= 4 is 17.6 Å². The van der Waals surface area contributed by atoms with E-state index in [-0.39, 0.29) is 18.9 Å². The monoisotopic (exact) mass is 313 g/mol. The van der Waals surface area contributed by atoms with Crippen LogP contribution >= 0.6 is 0 Å². The average molecular weight is 313 g/mol. The summed E-state index contributed by atoms with van der Waals surface area (Å²) in [6.07, 6.45) is -0.718. The molecule has 0 aromatic heterocycles. The van der Waals surface area contributed by atoms with Crippen molar-refractivity contribution in [2.75, 3.05) is 11.9 Å². The molecule has 0 unspecified atom stereocenters. The van der Waals surface area contributed by atoms with Gasteiger partial charge in [0.15, 0.2) is 0 Å². The van der Waals surface area contributed by atoms with Gasteiger partial charge in [-0.1, -0.05) is 42.5 Å². The van der Waals surface area contributed by atoms with Gasteiger partial charge in [-0.15, -0.1) is 0 Å². The average Bonchev–Trinajstić information content (AvgIpc) is 2.55. The van der Waals surface area contributed by atoms with Crippen LogP contribution in [0.2, 0.25) is 0 Å². The highest BCUT2D eigenvalue weighted by molar-refractivity contribution is 5.88. The fourth-order valence-corrected chi connectivity index (χ4v) is 2.07. The first-order valence-electron chi connectivity index (χ1n) is 7.30. The second-order valence-electron chi connectivity index (χ2n) is 5.16. The number of aliphatic hydroxyl groups is 1. The largest absolute Gasteiger partial charge is 0.462 e. The Morgan fingerprint density at radius 3 is 2.35 bits per heavy atom. The molecular weight excluding hydrogens is 294 g/mol. The Labute approximate surface area is 134 Å². The molecule has 0 aliphatic carbocycles. The van der Waals surface area contributed by atoms with Gasteiger partial charge in [-0.25, -0.2) is 0 Å². The van der Waals surface area contributed by atoms with Crippen molar-refractivity contribution in [2.24, 2.45) is 0 Å². The number of benzene rings is 2.